The Balaban J connectivity index is 2.24. The van der Waals surface area contributed by atoms with Gasteiger partial charge in [-0.1, -0.05) is 11.8 Å². The summed E-state index contributed by atoms with van der Waals surface area (Å²) in [5, 5.41) is 15.6. The second-order valence-electron chi connectivity index (χ2n) is 4.43. The summed E-state index contributed by atoms with van der Waals surface area (Å²) in [6, 6.07) is 1.93. The van der Waals surface area contributed by atoms with Crippen LogP contribution in [0, 0.1) is 0 Å². The molecule has 0 saturated carbocycles. The van der Waals surface area contributed by atoms with Gasteiger partial charge in [0.2, 0.25) is 0 Å². The molecule has 0 fully saturated rings. The fourth-order valence-corrected chi connectivity index (χ4v) is 3.13. The van der Waals surface area contributed by atoms with Gasteiger partial charge < -0.3 is 10.4 Å². The van der Waals surface area contributed by atoms with Gasteiger partial charge in [0, 0.05) is 10.9 Å². The van der Waals surface area contributed by atoms with Crippen LogP contribution < -0.4 is 10.6 Å². The zero-order valence-corrected chi connectivity index (χ0v) is 10.8. The van der Waals surface area contributed by atoms with Crippen molar-refractivity contribution in [3.8, 4) is 0 Å². The number of hydrogen-bond acceptors (Lipinski definition) is 5. The largest absolute Gasteiger partial charge is 0.477 e. The molecule has 0 aromatic carbocycles. The third-order valence-corrected chi connectivity index (χ3v) is 3.52. The molecule has 1 unspecified atom stereocenters. The highest BCUT2D eigenvalue weighted by atomic mass is 32.2. The average Bonchev–Trinajstić information content (AvgIpc) is 2.50. The number of hydrogen-bond donors (Lipinski definition) is 3. The number of carboxylic acid groups (broad SMARTS) is 1. The number of nitrogens with zero attached hydrogens (tertiary/aromatic N) is 1. The normalized spacial score (nSPS) is 22.4. The second-order valence-corrected chi connectivity index (χ2v) is 5.89. The maximum absolute atomic E-state index is 10.8. The van der Waals surface area contributed by atoms with Gasteiger partial charge in [0.25, 0.3) is 0 Å². The summed E-state index contributed by atoms with van der Waals surface area (Å²) >= 11 is 1.57. The molecule has 1 aliphatic rings. The van der Waals surface area contributed by atoms with Crippen LogP contribution in [-0.4, -0.2) is 27.1 Å². The van der Waals surface area contributed by atoms with Crippen molar-refractivity contribution in [3.63, 3.8) is 0 Å². The van der Waals surface area contributed by atoms with Crippen LogP contribution in [-0.2, 0) is 0 Å². The number of fused-ring (bicyclic) bond motifs is 1. The highest BCUT2D eigenvalue weighted by molar-refractivity contribution is 8.01. The van der Waals surface area contributed by atoms with Gasteiger partial charge in [-0.2, -0.15) is 0 Å². The quantitative estimate of drug-likeness (QED) is 0.764. The van der Waals surface area contributed by atoms with Crippen LogP contribution in [0.1, 0.15) is 31.3 Å². The molecule has 1 aromatic rings. The molecule has 0 aliphatic carbocycles. The summed E-state index contributed by atoms with van der Waals surface area (Å²) in [7, 11) is 0. The molecule has 6 heteroatoms. The molecule has 0 amide bonds. The Labute approximate surface area is 104 Å². The van der Waals surface area contributed by atoms with E-state index in [0.717, 1.165) is 10.6 Å². The third-order valence-electron chi connectivity index (χ3n) is 2.34. The number of anilines is 1. The van der Waals surface area contributed by atoms with Crippen molar-refractivity contribution < 1.29 is 9.90 Å². The van der Waals surface area contributed by atoms with Gasteiger partial charge in [-0.25, -0.2) is 9.78 Å². The summed E-state index contributed by atoms with van der Waals surface area (Å²) in [5.74, 6) is -1.00. The molecule has 0 radical (unpaired) electrons. The Kier molecular flexibility index (Phi) is 3.01. The van der Waals surface area contributed by atoms with Crippen LogP contribution in [0.4, 0.5) is 5.69 Å². The smallest absolute Gasteiger partial charge is 0.354 e. The van der Waals surface area contributed by atoms with Gasteiger partial charge in [-0.3, -0.25) is 5.32 Å². The summed E-state index contributed by atoms with van der Waals surface area (Å²) in [4.78, 5) is 15.3. The van der Waals surface area contributed by atoms with E-state index in [0.29, 0.717) is 6.04 Å². The van der Waals surface area contributed by atoms with Crippen LogP contribution in [0.15, 0.2) is 17.2 Å². The summed E-state index contributed by atoms with van der Waals surface area (Å²) in [5.41, 5.74) is 0.947. The molecule has 92 valence electrons. The highest BCUT2D eigenvalue weighted by Gasteiger charge is 2.34. The minimum atomic E-state index is -1.00. The molecule has 0 spiro atoms. The second kappa shape index (κ2) is 4.19. The average molecular weight is 253 g/mol. The minimum Gasteiger partial charge on any atom is -0.477 e. The van der Waals surface area contributed by atoms with Gasteiger partial charge in [0.1, 0.15) is 10.7 Å². The number of aromatic nitrogens is 1. The van der Waals surface area contributed by atoms with E-state index >= 15 is 0 Å². The number of carbonyl (C=O) groups is 1. The van der Waals surface area contributed by atoms with Crippen molar-refractivity contribution in [2.24, 2.45) is 0 Å². The van der Waals surface area contributed by atoms with Crippen LogP contribution in [0.25, 0.3) is 0 Å². The molecule has 3 N–H and O–H groups in total. The topological polar surface area (TPSA) is 74.2 Å². The van der Waals surface area contributed by atoms with Gasteiger partial charge in [0.05, 0.1) is 11.9 Å². The van der Waals surface area contributed by atoms with E-state index in [9.17, 15) is 4.79 Å². The lowest BCUT2D eigenvalue weighted by Gasteiger charge is -2.27. The molecule has 0 bridgehead atoms. The first-order chi connectivity index (χ1) is 7.89. The van der Waals surface area contributed by atoms with E-state index < -0.39 is 5.97 Å². The fourth-order valence-electron chi connectivity index (χ4n) is 1.85. The molecular formula is C11H15N3O2S. The SMILES string of the molecule is CC(C)NC1(C)Nc2cnc(C(=O)O)cc2S1. The predicted octanol–water partition coefficient (Wildman–Crippen LogP) is 1.97. The molecular weight excluding hydrogens is 238 g/mol. The van der Waals surface area contributed by atoms with Crippen LogP contribution in [0.3, 0.4) is 0 Å². The number of aromatic carboxylic acids is 1. The molecule has 2 heterocycles. The number of nitrogens with one attached hydrogen (secondary N) is 2. The van der Waals surface area contributed by atoms with Crippen molar-refractivity contribution >= 4 is 23.4 Å². The zero-order chi connectivity index (χ0) is 12.6. The number of carboxylic acids is 1. The van der Waals surface area contributed by atoms with Crippen molar-refractivity contribution in [3.05, 3.63) is 18.0 Å². The molecule has 0 saturated heterocycles. The first-order valence-corrected chi connectivity index (χ1v) is 6.19. The molecule has 17 heavy (non-hydrogen) atoms. The predicted molar refractivity (Wildman–Crippen MR) is 67.4 cm³/mol. The van der Waals surface area contributed by atoms with Crippen molar-refractivity contribution in [2.45, 2.75) is 36.7 Å². The Morgan fingerprint density at radius 1 is 1.65 bits per heavy atom. The Morgan fingerprint density at radius 2 is 2.35 bits per heavy atom. The fraction of sp³-hybridized carbons (Fsp3) is 0.455. The highest BCUT2D eigenvalue weighted by Crippen LogP contribution is 2.43. The van der Waals surface area contributed by atoms with Crippen LogP contribution in [0.5, 0.6) is 0 Å². The zero-order valence-electron chi connectivity index (χ0n) is 9.94. The van der Waals surface area contributed by atoms with E-state index in [-0.39, 0.29) is 10.7 Å². The maximum atomic E-state index is 10.8. The lowest BCUT2D eigenvalue weighted by molar-refractivity contribution is 0.0690. The molecule has 1 aliphatic heterocycles. The van der Waals surface area contributed by atoms with E-state index in [1.54, 1.807) is 24.0 Å². The molecule has 1 aromatic heterocycles. The number of thioether (sulfide) groups is 1. The standard InChI is InChI=1S/C11H15N3O2S/c1-6(2)13-11(3)14-8-5-12-7(10(15)16)4-9(8)17-11/h4-6,13-14H,1-3H3,(H,15,16). The van der Waals surface area contributed by atoms with Crippen molar-refractivity contribution in [1.82, 2.24) is 10.3 Å². The summed E-state index contributed by atoms with van der Waals surface area (Å²) < 4.78 is 0. The van der Waals surface area contributed by atoms with Crippen LogP contribution in [0.2, 0.25) is 0 Å². The lowest BCUT2D eigenvalue weighted by atomic mass is 10.3. The van der Waals surface area contributed by atoms with Crippen molar-refractivity contribution in [2.75, 3.05) is 5.32 Å². The minimum absolute atomic E-state index is 0.0758. The third kappa shape index (κ3) is 2.53. The first-order valence-electron chi connectivity index (χ1n) is 5.38. The van der Waals surface area contributed by atoms with Gasteiger partial charge in [-0.15, -0.1) is 0 Å². The molecule has 1 atom stereocenters. The van der Waals surface area contributed by atoms with Gasteiger partial charge in [-0.05, 0) is 26.8 Å². The monoisotopic (exact) mass is 253 g/mol. The summed E-state index contributed by atoms with van der Waals surface area (Å²) in [6.07, 6.45) is 1.57. The Morgan fingerprint density at radius 3 is 2.94 bits per heavy atom. The van der Waals surface area contributed by atoms with Gasteiger partial charge >= 0.3 is 5.97 Å². The van der Waals surface area contributed by atoms with E-state index in [4.69, 9.17) is 5.11 Å². The van der Waals surface area contributed by atoms with E-state index in [1.165, 1.54) is 0 Å². The maximum Gasteiger partial charge on any atom is 0.354 e. The first kappa shape index (κ1) is 12.2. The Hall–Kier alpha value is -1.27. The van der Waals surface area contributed by atoms with Gasteiger partial charge in [0.15, 0.2) is 0 Å². The number of pyridine rings is 1. The van der Waals surface area contributed by atoms with E-state index in [2.05, 4.69) is 29.5 Å². The summed E-state index contributed by atoms with van der Waals surface area (Å²) in [6.45, 7) is 6.16. The van der Waals surface area contributed by atoms with Crippen molar-refractivity contribution in [1.29, 1.82) is 0 Å². The number of rotatable bonds is 3. The lowest BCUT2D eigenvalue weighted by Crippen LogP contribution is -2.47. The molecule has 2 rings (SSSR count). The Bertz CT molecular complexity index is 464. The van der Waals surface area contributed by atoms with Crippen LogP contribution >= 0.6 is 11.8 Å². The molecule has 5 nitrogen and oxygen atoms in total. The van der Waals surface area contributed by atoms with E-state index in [1.807, 2.05) is 6.92 Å².